The molecule has 0 saturated carbocycles. The fourth-order valence-electron chi connectivity index (χ4n) is 2.66. The molecule has 6 nitrogen and oxygen atoms in total. The van der Waals surface area contributed by atoms with E-state index < -0.39 is 0 Å². The number of hydrogen-bond donors (Lipinski definition) is 1. The highest BCUT2D eigenvalue weighted by Gasteiger charge is 2.16. The van der Waals surface area contributed by atoms with Gasteiger partial charge in [0.15, 0.2) is 5.69 Å². The van der Waals surface area contributed by atoms with E-state index in [1.54, 1.807) is 13.2 Å². The number of pyridine rings is 1. The molecule has 2 heterocycles. The van der Waals surface area contributed by atoms with Gasteiger partial charge in [0, 0.05) is 11.1 Å². The van der Waals surface area contributed by atoms with E-state index in [-0.39, 0.29) is 5.89 Å². The van der Waals surface area contributed by atoms with Gasteiger partial charge >= 0.3 is 0 Å². The highest BCUT2D eigenvalue weighted by atomic mass is 16.5. The van der Waals surface area contributed by atoms with Crippen LogP contribution in [0.4, 0.5) is 5.69 Å². The summed E-state index contributed by atoms with van der Waals surface area (Å²) in [6, 6.07) is 20.8. The molecule has 2 aromatic carbocycles. The largest absolute Gasteiger partial charge is 0.496 e. The first-order valence-electron chi connectivity index (χ1n) is 8.05. The van der Waals surface area contributed by atoms with Gasteiger partial charge in [0.1, 0.15) is 5.75 Å². The summed E-state index contributed by atoms with van der Waals surface area (Å²) in [4.78, 5) is 4.63. The van der Waals surface area contributed by atoms with Crippen LogP contribution in [0.2, 0.25) is 0 Å². The molecule has 0 saturated heterocycles. The lowest BCUT2D eigenvalue weighted by atomic mass is 10.1. The van der Waals surface area contributed by atoms with Gasteiger partial charge in [-0.1, -0.05) is 30.3 Å². The molecule has 128 valence electrons. The summed E-state index contributed by atoms with van der Waals surface area (Å²) in [5.74, 6) is 1.42. The van der Waals surface area contributed by atoms with E-state index in [2.05, 4.69) is 15.2 Å². The predicted octanol–water partition coefficient (Wildman–Crippen LogP) is 4.06. The van der Waals surface area contributed by atoms with Crippen LogP contribution in [0.15, 0.2) is 71.1 Å². The monoisotopic (exact) mass is 344 g/mol. The Morgan fingerprint density at radius 1 is 0.846 bits per heavy atom. The van der Waals surface area contributed by atoms with Crippen LogP contribution in [0.5, 0.6) is 5.75 Å². The van der Waals surface area contributed by atoms with Crippen LogP contribution in [-0.4, -0.2) is 22.3 Å². The van der Waals surface area contributed by atoms with E-state index in [0.717, 1.165) is 16.9 Å². The fourth-order valence-corrected chi connectivity index (χ4v) is 2.66. The number of nitrogens with two attached hydrogens (primary N) is 1. The molecule has 0 aliphatic carbocycles. The Balaban J connectivity index is 1.77. The third-order valence-electron chi connectivity index (χ3n) is 3.96. The van der Waals surface area contributed by atoms with E-state index in [9.17, 15) is 0 Å². The lowest BCUT2D eigenvalue weighted by molar-refractivity contribution is 0.416. The number of aromatic nitrogens is 3. The van der Waals surface area contributed by atoms with Crippen molar-refractivity contribution in [3.05, 3.63) is 66.7 Å². The second-order valence-electron chi connectivity index (χ2n) is 5.61. The van der Waals surface area contributed by atoms with Crippen molar-refractivity contribution in [2.75, 3.05) is 12.8 Å². The Morgan fingerprint density at radius 2 is 1.58 bits per heavy atom. The first-order valence-corrected chi connectivity index (χ1v) is 8.05. The van der Waals surface area contributed by atoms with Crippen LogP contribution in [0.1, 0.15) is 0 Å². The molecule has 0 bridgehead atoms. The van der Waals surface area contributed by atoms with Gasteiger partial charge in [0.2, 0.25) is 5.89 Å². The molecule has 0 amide bonds. The van der Waals surface area contributed by atoms with E-state index >= 15 is 0 Å². The second kappa shape index (κ2) is 6.68. The standard InChI is InChI=1S/C20H16N4O2/c1-25-17-10-6-5-9-14(17)16-12-11-15(21)18(22-16)20-24-23-19(26-20)13-7-3-2-4-8-13/h2-12H,21H2,1H3. The zero-order valence-electron chi connectivity index (χ0n) is 14.1. The smallest absolute Gasteiger partial charge is 0.268 e. The van der Waals surface area contributed by atoms with Gasteiger partial charge in [-0.2, -0.15) is 0 Å². The minimum atomic E-state index is 0.276. The first kappa shape index (κ1) is 15.8. The van der Waals surface area contributed by atoms with Crippen molar-refractivity contribution >= 4 is 5.69 Å². The molecule has 0 atom stereocenters. The van der Waals surface area contributed by atoms with Gasteiger partial charge in [0.25, 0.3) is 5.89 Å². The normalized spacial score (nSPS) is 10.7. The summed E-state index contributed by atoms with van der Waals surface area (Å²) in [5.41, 5.74) is 9.42. The average Bonchev–Trinajstić information content (AvgIpc) is 3.19. The highest BCUT2D eigenvalue weighted by Crippen LogP contribution is 2.32. The number of rotatable bonds is 4. The zero-order chi connectivity index (χ0) is 17.9. The Morgan fingerprint density at radius 3 is 2.38 bits per heavy atom. The van der Waals surface area contributed by atoms with Crippen molar-refractivity contribution in [3.63, 3.8) is 0 Å². The van der Waals surface area contributed by atoms with Gasteiger partial charge in [-0.25, -0.2) is 4.98 Å². The number of nitrogen functional groups attached to an aromatic ring is 1. The van der Waals surface area contributed by atoms with E-state index in [1.807, 2.05) is 60.7 Å². The molecule has 2 N–H and O–H groups in total. The SMILES string of the molecule is COc1ccccc1-c1ccc(N)c(-c2nnc(-c3ccccc3)o2)n1. The van der Waals surface area contributed by atoms with Crippen molar-refractivity contribution < 1.29 is 9.15 Å². The minimum Gasteiger partial charge on any atom is -0.496 e. The molecule has 4 rings (SSSR count). The quantitative estimate of drug-likeness (QED) is 0.601. The van der Waals surface area contributed by atoms with Crippen molar-refractivity contribution in [3.8, 4) is 40.0 Å². The fraction of sp³-hybridized carbons (Fsp3) is 0.0500. The number of methoxy groups -OCH3 is 1. The minimum absolute atomic E-state index is 0.276. The van der Waals surface area contributed by atoms with Gasteiger partial charge in [0.05, 0.1) is 18.5 Å². The molecule has 0 radical (unpaired) electrons. The van der Waals surface area contributed by atoms with Crippen molar-refractivity contribution in [1.29, 1.82) is 0 Å². The number of anilines is 1. The average molecular weight is 344 g/mol. The number of hydrogen-bond acceptors (Lipinski definition) is 6. The molecular weight excluding hydrogens is 328 g/mol. The summed E-state index contributed by atoms with van der Waals surface area (Å²) in [6.07, 6.45) is 0. The van der Waals surface area contributed by atoms with Gasteiger partial charge < -0.3 is 14.9 Å². The van der Waals surface area contributed by atoms with Crippen LogP contribution in [0, 0.1) is 0 Å². The molecule has 26 heavy (non-hydrogen) atoms. The highest BCUT2D eigenvalue weighted by molar-refractivity contribution is 5.74. The van der Waals surface area contributed by atoms with E-state index in [0.29, 0.717) is 23.0 Å². The molecule has 0 spiro atoms. The van der Waals surface area contributed by atoms with E-state index in [4.69, 9.17) is 14.9 Å². The molecule has 0 aliphatic heterocycles. The van der Waals surface area contributed by atoms with Crippen LogP contribution in [0.3, 0.4) is 0 Å². The molecule has 0 unspecified atom stereocenters. The van der Waals surface area contributed by atoms with Crippen molar-refractivity contribution in [1.82, 2.24) is 15.2 Å². The topological polar surface area (TPSA) is 87.1 Å². The van der Waals surface area contributed by atoms with Crippen molar-refractivity contribution in [2.24, 2.45) is 0 Å². The zero-order valence-corrected chi connectivity index (χ0v) is 14.1. The molecule has 0 fully saturated rings. The first-order chi connectivity index (χ1) is 12.8. The Bertz CT molecular complexity index is 1040. The number of para-hydroxylation sites is 1. The second-order valence-corrected chi connectivity index (χ2v) is 5.61. The van der Waals surface area contributed by atoms with Gasteiger partial charge in [-0.3, -0.25) is 0 Å². The molecule has 0 aliphatic rings. The van der Waals surface area contributed by atoms with Gasteiger partial charge in [-0.05, 0) is 36.4 Å². The summed E-state index contributed by atoms with van der Waals surface area (Å²) in [5, 5.41) is 8.21. The lowest BCUT2D eigenvalue weighted by Gasteiger charge is -2.09. The predicted molar refractivity (Wildman–Crippen MR) is 99.4 cm³/mol. The third-order valence-corrected chi connectivity index (χ3v) is 3.96. The number of ether oxygens (including phenoxy) is 1. The maximum atomic E-state index is 6.10. The Hall–Kier alpha value is -3.67. The Kier molecular flexibility index (Phi) is 4.07. The van der Waals surface area contributed by atoms with Crippen LogP contribution in [-0.2, 0) is 0 Å². The maximum absolute atomic E-state index is 6.10. The summed E-state index contributed by atoms with van der Waals surface area (Å²) >= 11 is 0. The number of benzene rings is 2. The van der Waals surface area contributed by atoms with Crippen LogP contribution < -0.4 is 10.5 Å². The number of nitrogens with zero attached hydrogens (tertiary/aromatic N) is 3. The van der Waals surface area contributed by atoms with Crippen LogP contribution in [0.25, 0.3) is 34.3 Å². The third kappa shape index (κ3) is 2.88. The molecule has 4 aromatic rings. The molecule has 2 aromatic heterocycles. The summed E-state index contributed by atoms with van der Waals surface area (Å²) in [7, 11) is 1.63. The lowest BCUT2D eigenvalue weighted by Crippen LogP contribution is -1.97. The molecule has 6 heteroatoms. The maximum Gasteiger partial charge on any atom is 0.268 e. The summed E-state index contributed by atoms with van der Waals surface area (Å²) < 4.78 is 11.2. The molecular formula is C20H16N4O2. The summed E-state index contributed by atoms with van der Waals surface area (Å²) in [6.45, 7) is 0. The van der Waals surface area contributed by atoms with Crippen molar-refractivity contribution in [2.45, 2.75) is 0 Å². The van der Waals surface area contributed by atoms with Gasteiger partial charge in [-0.15, -0.1) is 10.2 Å². The Labute approximate surface area is 150 Å². The van der Waals surface area contributed by atoms with Crippen LogP contribution >= 0.6 is 0 Å². The van der Waals surface area contributed by atoms with E-state index in [1.165, 1.54) is 0 Å².